The van der Waals surface area contributed by atoms with Crippen LogP contribution in [0, 0.1) is 5.41 Å². The maximum absolute atomic E-state index is 12.4. The van der Waals surface area contributed by atoms with Crippen molar-refractivity contribution in [3.63, 3.8) is 0 Å². The Bertz CT molecular complexity index is 511. The Morgan fingerprint density at radius 3 is 2.79 bits per heavy atom. The number of carbonyl (C=O) groups excluding carboxylic acids is 2. The van der Waals surface area contributed by atoms with Crippen molar-refractivity contribution in [3.8, 4) is 0 Å². The second-order valence-electron chi connectivity index (χ2n) is 5.49. The fourth-order valence-electron chi connectivity index (χ4n) is 2.37. The van der Waals surface area contributed by atoms with E-state index in [9.17, 15) is 9.59 Å². The van der Waals surface area contributed by atoms with Gasteiger partial charge in [-0.3, -0.25) is 15.0 Å². The summed E-state index contributed by atoms with van der Waals surface area (Å²) in [6, 6.07) is 7.60. The van der Waals surface area contributed by atoms with Gasteiger partial charge in [0.1, 0.15) is 0 Å². The first kappa shape index (κ1) is 13.5. The summed E-state index contributed by atoms with van der Waals surface area (Å²) in [6.45, 7) is 4.56. The van der Waals surface area contributed by atoms with Crippen molar-refractivity contribution in [2.75, 3.05) is 13.1 Å². The number of hydrazine groups is 1. The molecule has 0 atom stereocenters. The fourth-order valence-corrected chi connectivity index (χ4v) is 2.37. The van der Waals surface area contributed by atoms with Crippen LogP contribution in [0.4, 0.5) is 0 Å². The van der Waals surface area contributed by atoms with Gasteiger partial charge in [0.25, 0.3) is 5.91 Å². The Hall–Kier alpha value is -1.88. The maximum Gasteiger partial charge on any atom is 0.254 e. The molecule has 0 bridgehead atoms. The molecule has 5 heteroatoms. The van der Waals surface area contributed by atoms with Crippen LogP contribution in [-0.4, -0.2) is 29.8 Å². The molecule has 1 aromatic rings. The average Bonchev–Trinajstić information content (AvgIpc) is 2.41. The normalized spacial score (nSPS) is 15.1. The minimum absolute atomic E-state index is 0.0141. The number of nitrogens with one attached hydrogen (secondary N) is 1. The van der Waals surface area contributed by atoms with Crippen LogP contribution in [0.3, 0.4) is 0 Å². The zero-order valence-corrected chi connectivity index (χ0v) is 11.3. The van der Waals surface area contributed by atoms with E-state index in [1.54, 1.807) is 18.7 Å². The monoisotopic (exact) mass is 261 g/mol. The molecule has 5 nitrogen and oxygen atoms in total. The van der Waals surface area contributed by atoms with Gasteiger partial charge in [0, 0.05) is 18.7 Å². The van der Waals surface area contributed by atoms with Crippen molar-refractivity contribution in [1.29, 1.82) is 0 Å². The summed E-state index contributed by atoms with van der Waals surface area (Å²) in [5.41, 5.74) is 3.26. The number of nitrogens with zero attached hydrogens (tertiary/aromatic N) is 1. The number of nitrogens with two attached hydrogens (primary N) is 1. The van der Waals surface area contributed by atoms with E-state index in [4.69, 9.17) is 5.84 Å². The predicted octanol–water partition coefficient (Wildman–Crippen LogP) is 0.701. The Morgan fingerprint density at radius 2 is 2.11 bits per heavy atom. The largest absolute Gasteiger partial charge is 0.337 e. The quantitative estimate of drug-likeness (QED) is 0.478. The minimum Gasteiger partial charge on any atom is -0.337 e. The van der Waals surface area contributed by atoms with Crippen molar-refractivity contribution in [2.24, 2.45) is 11.3 Å². The van der Waals surface area contributed by atoms with E-state index in [1.165, 1.54) is 0 Å². The molecule has 0 saturated heterocycles. The summed E-state index contributed by atoms with van der Waals surface area (Å²) in [4.78, 5) is 25.8. The van der Waals surface area contributed by atoms with Gasteiger partial charge in [0.05, 0.1) is 5.41 Å². The lowest BCUT2D eigenvalue weighted by atomic mass is 9.90. The molecule has 0 unspecified atom stereocenters. The molecule has 0 aliphatic carbocycles. The van der Waals surface area contributed by atoms with Crippen LogP contribution in [0.25, 0.3) is 0 Å². The molecule has 0 saturated carbocycles. The predicted molar refractivity (Wildman–Crippen MR) is 72.2 cm³/mol. The molecule has 1 aliphatic rings. The smallest absolute Gasteiger partial charge is 0.254 e. The highest BCUT2D eigenvalue weighted by atomic mass is 16.2. The van der Waals surface area contributed by atoms with Gasteiger partial charge in [-0.25, -0.2) is 5.84 Å². The van der Waals surface area contributed by atoms with Gasteiger partial charge in [-0.1, -0.05) is 18.2 Å². The summed E-state index contributed by atoms with van der Waals surface area (Å²) in [5.74, 6) is 4.89. The van der Waals surface area contributed by atoms with Crippen LogP contribution in [0.15, 0.2) is 24.3 Å². The van der Waals surface area contributed by atoms with Gasteiger partial charge in [0.2, 0.25) is 5.91 Å². The van der Waals surface area contributed by atoms with Crippen molar-refractivity contribution in [1.82, 2.24) is 10.3 Å². The van der Waals surface area contributed by atoms with E-state index in [-0.39, 0.29) is 11.8 Å². The lowest BCUT2D eigenvalue weighted by Gasteiger charge is -2.34. The first-order valence-electron chi connectivity index (χ1n) is 6.34. The summed E-state index contributed by atoms with van der Waals surface area (Å²) < 4.78 is 0. The molecule has 1 aliphatic heterocycles. The topological polar surface area (TPSA) is 75.4 Å². The van der Waals surface area contributed by atoms with E-state index in [2.05, 4.69) is 5.43 Å². The number of fused-ring (bicyclic) bond motifs is 1. The molecule has 0 fully saturated rings. The van der Waals surface area contributed by atoms with Crippen LogP contribution in [-0.2, 0) is 11.2 Å². The molecular formula is C14H19N3O2. The van der Waals surface area contributed by atoms with E-state index < -0.39 is 5.41 Å². The second-order valence-corrected chi connectivity index (χ2v) is 5.49. The van der Waals surface area contributed by atoms with Crippen LogP contribution < -0.4 is 11.3 Å². The molecule has 0 radical (unpaired) electrons. The number of hydrogen-bond acceptors (Lipinski definition) is 3. The zero-order chi connectivity index (χ0) is 14.0. The Kier molecular flexibility index (Phi) is 3.57. The highest BCUT2D eigenvalue weighted by Crippen LogP contribution is 2.23. The van der Waals surface area contributed by atoms with Crippen LogP contribution in [0.2, 0.25) is 0 Å². The Labute approximate surface area is 112 Å². The molecule has 0 aromatic heterocycles. The molecule has 102 valence electrons. The van der Waals surface area contributed by atoms with Crippen LogP contribution in [0.5, 0.6) is 0 Å². The van der Waals surface area contributed by atoms with Gasteiger partial charge in [-0.2, -0.15) is 0 Å². The molecule has 0 spiro atoms. The summed E-state index contributed by atoms with van der Waals surface area (Å²) in [6.07, 6.45) is 0.822. The van der Waals surface area contributed by atoms with Crippen molar-refractivity contribution < 1.29 is 9.59 Å². The summed E-state index contributed by atoms with van der Waals surface area (Å²) in [5, 5.41) is 0. The third kappa shape index (κ3) is 2.61. The van der Waals surface area contributed by atoms with Gasteiger partial charge in [-0.05, 0) is 31.9 Å². The third-order valence-electron chi connectivity index (χ3n) is 3.52. The van der Waals surface area contributed by atoms with Crippen molar-refractivity contribution in [3.05, 3.63) is 35.4 Å². The number of benzene rings is 1. The summed E-state index contributed by atoms with van der Waals surface area (Å²) >= 11 is 0. The van der Waals surface area contributed by atoms with Gasteiger partial charge in [-0.15, -0.1) is 0 Å². The first-order valence-corrected chi connectivity index (χ1v) is 6.34. The first-order chi connectivity index (χ1) is 8.95. The van der Waals surface area contributed by atoms with E-state index >= 15 is 0 Å². The lowest BCUT2D eigenvalue weighted by Crippen LogP contribution is -2.50. The zero-order valence-electron chi connectivity index (χ0n) is 11.3. The Balaban J connectivity index is 2.17. The van der Waals surface area contributed by atoms with E-state index in [0.29, 0.717) is 13.1 Å². The molecular weight excluding hydrogens is 242 g/mol. The second kappa shape index (κ2) is 5.01. The number of rotatable bonds is 3. The van der Waals surface area contributed by atoms with Gasteiger partial charge in [0.15, 0.2) is 0 Å². The molecule has 2 amide bonds. The van der Waals surface area contributed by atoms with Crippen LogP contribution >= 0.6 is 0 Å². The highest BCUT2D eigenvalue weighted by Gasteiger charge is 2.33. The molecule has 2 rings (SSSR count). The standard InChI is InChI=1S/C14H19N3O2/c1-14(2,13(19)16-15)9-17-8-7-10-5-3-4-6-11(10)12(17)18/h3-6H,7-9,15H2,1-2H3,(H,16,19). The van der Waals surface area contributed by atoms with Crippen molar-refractivity contribution in [2.45, 2.75) is 20.3 Å². The average molecular weight is 261 g/mol. The molecule has 1 heterocycles. The SMILES string of the molecule is CC(C)(CN1CCc2ccccc2C1=O)C(=O)NN. The van der Waals surface area contributed by atoms with Gasteiger partial charge >= 0.3 is 0 Å². The number of hydrogen-bond donors (Lipinski definition) is 2. The number of carbonyl (C=O) groups is 2. The van der Waals surface area contributed by atoms with Crippen LogP contribution in [0.1, 0.15) is 29.8 Å². The lowest BCUT2D eigenvalue weighted by molar-refractivity contribution is -0.130. The maximum atomic E-state index is 12.4. The van der Waals surface area contributed by atoms with E-state index in [0.717, 1.165) is 17.5 Å². The summed E-state index contributed by atoms with van der Waals surface area (Å²) in [7, 11) is 0. The minimum atomic E-state index is -0.698. The van der Waals surface area contributed by atoms with Crippen molar-refractivity contribution >= 4 is 11.8 Å². The molecule has 1 aromatic carbocycles. The molecule has 3 N–H and O–H groups in total. The molecule has 19 heavy (non-hydrogen) atoms. The van der Waals surface area contributed by atoms with E-state index in [1.807, 2.05) is 24.3 Å². The van der Waals surface area contributed by atoms with Gasteiger partial charge < -0.3 is 4.90 Å². The Morgan fingerprint density at radius 1 is 1.42 bits per heavy atom. The number of amides is 2. The fraction of sp³-hybridized carbons (Fsp3) is 0.429. The third-order valence-corrected chi connectivity index (χ3v) is 3.52. The highest BCUT2D eigenvalue weighted by molar-refractivity contribution is 5.97.